The zero-order valence-electron chi connectivity index (χ0n) is 7.49. The minimum Gasteiger partial charge on any atom is -0.411 e. The molecule has 0 fully saturated rings. The number of nitrogens with two attached hydrogens (primary N) is 2. The highest BCUT2D eigenvalue weighted by atomic mass is 28.4. The smallest absolute Gasteiger partial charge is 0.334 e. The van der Waals surface area contributed by atoms with Crippen molar-refractivity contribution in [1.29, 1.82) is 0 Å². The number of carbonyl (C=O) groups excluding carboxylic acids is 1. The Kier molecular flexibility index (Phi) is 5.63. The molecule has 2 amide bonds. The second-order valence-corrected chi connectivity index (χ2v) is 5.88. The van der Waals surface area contributed by atoms with Gasteiger partial charge in [-0.3, -0.25) is 0 Å². The highest BCUT2D eigenvalue weighted by molar-refractivity contribution is 6.64. The summed E-state index contributed by atoms with van der Waals surface area (Å²) in [4.78, 5) is 28.9. The zero-order valence-corrected chi connectivity index (χ0v) is 8.49. The van der Waals surface area contributed by atoms with Gasteiger partial charge >= 0.3 is 14.6 Å². The third-order valence-electron chi connectivity index (χ3n) is 1.60. The molecule has 7 N–H and O–H groups in total. The van der Waals surface area contributed by atoms with Crippen molar-refractivity contribution in [2.75, 3.05) is 13.1 Å². The average molecular weight is 207 g/mol. The predicted octanol–water partition coefficient (Wildman–Crippen LogP) is -1.57. The summed E-state index contributed by atoms with van der Waals surface area (Å²) >= 11 is 0. The number of nitrogens with one attached hydrogen (secondary N) is 1. The first-order chi connectivity index (χ1) is 5.98. The lowest BCUT2D eigenvalue weighted by Crippen LogP contribution is -2.38. The predicted molar refractivity (Wildman–Crippen MR) is 51.1 cm³/mol. The third-order valence-corrected chi connectivity index (χ3v) is 3.84. The van der Waals surface area contributed by atoms with Crippen molar-refractivity contribution in [2.24, 2.45) is 11.5 Å². The van der Waals surface area contributed by atoms with Gasteiger partial charge in [0, 0.05) is 12.6 Å². The van der Waals surface area contributed by atoms with Gasteiger partial charge in [-0.2, -0.15) is 0 Å². The van der Waals surface area contributed by atoms with Gasteiger partial charge in [-0.1, -0.05) is 0 Å². The molecule has 7 heteroatoms. The van der Waals surface area contributed by atoms with E-state index in [4.69, 9.17) is 11.5 Å². The number of hydrogen-bond donors (Lipinski definition) is 5. The van der Waals surface area contributed by atoms with Crippen LogP contribution in [0.25, 0.3) is 0 Å². The van der Waals surface area contributed by atoms with Crippen LogP contribution < -0.4 is 16.8 Å². The fourth-order valence-corrected chi connectivity index (χ4v) is 2.39. The molecule has 0 radical (unpaired) electrons. The van der Waals surface area contributed by atoms with E-state index in [0.29, 0.717) is 19.0 Å². The Morgan fingerprint density at radius 3 is 2.46 bits per heavy atom. The van der Waals surface area contributed by atoms with Gasteiger partial charge in [0.1, 0.15) is 0 Å². The topological polar surface area (TPSA) is 122 Å². The van der Waals surface area contributed by atoms with Crippen LogP contribution in [0.5, 0.6) is 0 Å². The molecule has 13 heavy (non-hydrogen) atoms. The molecule has 0 aromatic heterocycles. The van der Waals surface area contributed by atoms with Crippen LogP contribution in [0.3, 0.4) is 0 Å². The summed E-state index contributed by atoms with van der Waals surface area (Å²) in [6.07, 6.45) is 0.516. The Morgan fingerprint density at radius 1 is 1.38 bits per heavy atom. The molecular formula is C6H17N3O3Si. The highest BCUT2D eigenvalue weighted by Gasteiger charge is 2.26. The molecule has 0 heterocycles. The Bertz CT molecular complexity index is 165. The number of hydrogen-bond acceptors (Lipinski definition) is 4. The Labute approximate surface area is 78.2 Å². The molecule has 78 valence electrons. The van der Waals surface area contributed by atoms with E-state index in [1.807, 2.05) is 0 Å². The first-order valence-corrected chi connectivity index (χ1v) is 6.47. The summed E-state index contributed by atoms with van der Waals surface area (Å²) < 4.78 is 0. The summed E-state index contributed by atoms with van der Waals surface area (Å²) in [5.41, 5.74) is 10.0. The molecule has 0 bridgehead atoms. The number of rotatable bonds is 6. The summed E-state index contributed by atoms with van der Waals surface area (Å²) in [6.45, 7) is 0.651. The normalized spacial score (nSPS) is 11.3. The van der Waals surface area contributed by atoms with Crippen LogP contribution in [-0.4, -0.2) is 37.3 Å². The van der Waals surface area contributed by atoms with Gasteiger partial charge < -0.3 is 26.4 Å². The lowest BCUT2D eigenvalue weighted by atomic mass is 10.5. The van der Waals surface area contributed by atoms with E-state index < -0.39 is 14.6 Å². The molecule has 6 nitrogen and oxygen atoms in total. The first-order valence-electron chi connectivity index (χ1n) is 4.16. The van der Waals surface area contributed by atoms with Crippen molar-refractivity contribution in [3.8, 4) is 0 Å². The molecule has 0 aromatic rings. The van der Waals surface area contributed by atoms with Crippen molar-refractivity contribution in [1.82, 2.24) is 5.32 Å². The fraction of sp³-hybridized carbons (Fsp3) is 0.833. The summed E-state index contributed by atoms with van der Waals surface area (Å²) in [5.74, 6) is 0. The van der Waals surface area contributed by atoms with Crippen LogP contribution in [0, 0.1) is 0 Å². The SMILES string of the molecule is NCC[Si](O)(O)CCCNC(N)=O. The van der Waals surface area contributed by atoms with Crippen LogP contribution >= 0.6 is 0 Å². The molecule has 0 aromatic carbocycles. The van der Waals surface area contributed by atoms with E-state index >= 15 is 0 Å². The Morgan fingerprint density at radius 2 is 2.00 bits per heavy atom. The molecule has 0 aliphatic heterocycles. The molecular weight excluding hydrogens is 190 g/mol. The second kappa shape index (κ2) is 5.92. The molecule has 0 aliphatic rings. The maximum Gasteiger partial charge on any atom is 0.334 e. The Balaban J connectivity index is 3.45. The van der Waals surface area contributed by atoms with Gasteiger partial charge in [-0.25, -0.2) is 4.79 Å². The molecule has 0 saturated carbocycles. The van der Waals surface area contributed by atoms with Crippen molar-refractivity contribution in [3.05, 3.63) is 0 Å². The maximum atomic E-state index is 10.2. The minimum atomic E-state index is -3.09. The summed E-state index contributed by atoms with van der Waals surface area (Å²) in [5, 5.41) is 2.37. The van der Waals surface area contributed by atoms with Crippen molar-refractivity contribution < 1.29 is 14.4 Å². The van der Waals surface area contributed by atoms with Gasteiger partial charge in [-0.15, -0.1) is 0 Å². The van der Waals surface area contributed by atoms with E-state index in [-0.39, 0.29) is 12.6 Å². The molecule has 0 saturated heterocycles. The van der Waals surface area contributed by atoms with Crippen molar-refractivity contribution in [2.45, 2.75) is 18.5 Å². The molecule has 0 spiro atoms. The lowest BCUT2D eigenvalue weighted by molar-refractivity contribution is 0.248. The van der Waals surface area contributed by atoms with Crippen LogP contribution in [0.2, 0.25) is 12.1 Å². The number of urea groups is 1. The standard InChI is InChI=1S/C6H17N3O3Si/c7-2-5-13(11,12)4-1-3-9-6(8)10/h11-12H,1-5,7H2,(H3,8,9,10). The third kappa shape index (κ3) is 7.72. The van der Waals surface area contributed by atoms with E-state index in [2.05, 4.69) is 5.32 Å². The Hall–Kier alpha value is -0.633. The van der Waals surface area contributed by atoms with Crippen molar-refractivity contribution in [3.63, 3.8) is 0 Å². The van der Waals surface area contributed by atoms with Crippen LogP contribution in [0.1, 0.15) is 6.42 Å². The quantitative estimate of drug-likeness (QED) is 0.267. The molecule has 0 rings (SSSR count). The molecule has 0 aliphatic carbocycles. The van der Waals surface area contributed by atoms with Gasteiger partial charge in [-0.05, 0) is 19.0 Å². The number of amides is 2. The van der Waals surface area contributed by atoms with E-state index in [1.165, 1.54) is 0 Å². The molecule has 0 unspecified atom stereocenters. The van der Waals surface area contributed by atoms with E-state index in [9.17, 15) is 14.4 Å². The van der Waals surface area contributed by atoms with Crippen molar-refractivity contribution >= 4 is 14.6 Å². The zero-order chi connectivity index (χ0) is 10.3. The average Bonchev–Trinajstić information content (AvgIpc) is 1.98. The fourth-order valence-electron chi connectivity index (χ4n) is 0.939. The van der Waals surface area contributed by atoms with Crippen LogP contribution in [0.15, 0.2) is 0 Å². The first kappa shape index (κ1) is 12.4. The number of carbonyl (C=O) groups is 1. The monoisotopic (exact) mass is 207 g/mol. The van der Waals surface area contributed by atoms with E-state index in [1.54, 1.807) is 0 Å². The maximum absolute atomic E-state index is 10.2. The van der Waals surface area contributed by atoms with Crippen LogP contribution in [-0.2, 0) is 0 Å². The minimum absolute atomic E-state index is 0.267. The molecule has 0 atom stereocenters. The second-order valence-electron chi connectivity index (χ2n) is 2.92. The lowest BCUT2D eigenvalue weighted by Gasteiger charge is -2.16. The van der Waals surface area contributed by atoms with Crippen LogP contribution in [0.4, 0.5) is 4.79 Å². The summed E-state index contributed by atoms with van der Waals surface area (Å²) in [7, 11) is -3.09. The number of primary amides is 1. The van der Waals surface area contributed by atoms with Gasteiger partial charge in [0.05, 0.1) is 0 Å². The van der Waals surface area contributed by atoms with E-state index in [0.717, 1.165) is 0 Å². The highest BCUT2D eigenvalue weighted by Crippen LogP contribution is 2.08. The van der Waals surface area contributed by atoms with Gasteiger partial charge in [0.25, 0.3) is 0 Å². The largest absolute Gasteiger partial charge is 0.411 e. The van der Waals surface area contributed by atoms with Gasteiger partial charge in [0.2, 0.25) is 0 Å². The summed E-state index contributed by atoms with van der Waals surface area (Å²) in [6, 6.07) is -0.0180. The van der Waals surface area contributed by atoms with Gasteiger partial charge in [0.15, 0.2) is 0 Å².